The van der Waals surface area contributed by atoms with Crippen molar-refractivity contribution in [1.82, 2.24) is 9.80 Å². The summed E-state index contributed by atoms with van der Waals surface area (Å²) in [6.07, 6.45) is 8.85. The van der Waals surface area contributed by atoms with Crippen molar-refractivity contribution in [3.05, 3.63) is 54.1 Å². The van der Waals surface area contributed by atoms with Crippen LogP contribution in [-0.2, 0) is 14.6 Å². The smallest absolute Gasteiger partial charge is 0.254 e. The first-order valence-electron chi connectivity index (χ1n) is 13.2. The molecule has 2 aromatic rings. The van der Waals surface area contributed by atoms with Crippen LogP contribution < -0.4 is 9.64 Å². The Hall–Kier alpha value is -2.91. The zero-order valence-corrected chi connectivity index (χ0v) is 22.2. The fourth-order valence-corrected chi connectivity index (χ4v) is 6.30. The van der Waals surface area contributed by atoms with Gasteiger partial charge in [-0.1, -0.05) is 12.8 Å². The molecule has 2 heterocycles. The van der Waals surface area contributed by atoms with E-state index in [0.717, 1.165) is 49.7 Å². The number of sulfone groups is 1. The standard InChI is InChI=1S/C28H35N3O5S/c1-37(34,35)26-12-6-21(7-13-26)28(33)30-18-19-31(27(32)20-30)23-8-10-24(11-9-23)36-25-14-16-29(17-15-25)22-4-2-3-5-22/h6-13,22,25H,2-5,14-20H2,1H3. The third-order valence-electron chi connectivity index (χ3n) is 7.81. The number of benzene rings is 2. The lowest BCUT2D eigenvalue weighted by Gasteiger charge is -2.36. The Labute approximate surface area is 219 Å². The highest BCUT2D eigenvalue weighted by atomic mass is 32.2. The van der Waals surface area contributed by atoms with Crippen molar-refractivity contribution in [2.45, 2.75) is 55.6 Å². The molecule has 198 valence electrons. The van der Waals surface area contributed by atoms with Crippen molar-refractivity contribution in [2.24, 2.45) is 0 Å². The second-order valence-electron chi connectivity index (χ2n) is 10.4. The average molecular weight is 526 g/mol. The zero-order valence-electron chi connectivity index (χ0n) is 21.3. The van der Waals surface area contributed by atoms with Crippen molar-refractivity contribution in [3.63, 3.8) is 0 Å². The number of rotatable bonds is 6. The summed E-state index contributed by atoms with van der Waals surface area (Å²) in [6, 6.07) is 14.3. The van der Waals surface area contributed by atoms with Gasteiger partial charge in [-0.25, -0.2) is 8.42 Å². The monoisotopic (exact) mass is 525 g/mol. The Morgan fingerprint density at radius 2 is 1.51 bits per heavy atom. The minimum Gasteiger partial charge on any atom is -0.490 e. The summed E-state index contributed by atoms with van der Waals surface area (Å²) in [5.41, 5.74) is 1.15. The molecule has 0 radical (unpaired) electrons. The van der Waals surface area contributed by atoms with E-state index < -0.39 is 9.84 Å². The molecule has 1 aliphatic carbocycles. The summed E-state index contributed by atoms with van der Waals surface area (Å²) in [5, 5.41) is 0. The van der Waals surface area contributed by atoms with Gasteiger partial charge in [-0.05, 0) is 74.2 Å². The molecule has 8 nitrogen and oxygen atoms in total. The van der Waals surface area contributed by atoms with Crippen LogP contribution >= 0.6 is 0 Å². The van der Waals surface area contributed by atoms with E-state index >= 15 is 0 Å². The number of amides is 2. The molecule has 37 heavy (non-hydrogen) atoms. The minimum atomic E-state index is -3.33. The van der Waals surface area contributed by atoms with Gasteiger partial charge in [0.05, 0.1) is 4.90 Å². The molecule has 0 spiro atoms. The van der Waals surface area contributed by atoms with Crippen LogP contribution in [-0.4, -0.2) is 81.2 Å². The van der Waals surface area contributed by atoms with Gasteiger partial charge in [-0.2, -0.15) is 0 Å². The molecule has 3 aliphatic rings. The summed E-state index contributed by atoms with van der Waals surface area (Å²) >= 11 is 0. The van der Waals surface area contributed by atoms with Gasteiger partial charge < -0.3 is 19.4 Å². The predicted molar refractivity (Wildman–Crippen MR) is 142 cm³/mol. The van der Waals surface area contributed by atoms with Crippen LogP contribution in [0.5, 0.6) is 5.75 Å². The Bertz CT molecular complexity index is 1220. The van der Waals surface area contributed by atoms with Crippen molar-refractivity contribution in [2.75, 3.05) is 43.9 Å². The highest BCUT2D eigenvalue weighted by Gasteiger charge is 2.30. The van der Waals surface area contributed by atoms with E-state index in [0.29, 0.717) is 18.7 Å². The van der Waals surface area contributed by atoms with Crippen molar-refractivity contribution in [1.29, 1.82) is 0 Å². The highest BCUT2D eigenvalue weighted by Crippen LogP contribution is 2.28. The van der Waals surface area contributed by atoms with Gasteiger partial charge >= 0.3 is 0 Å². The minimum absolute atomic E-state index is 0.0233. The van der Waals surface area contributed by atoms with Gasteiger partial charge in [0.25, 0.3) is 5.91 Å². The van der Waals surface area contributed by atoms with E-state index in [-0.39, 0.29) is 29.4 Å². The molecule has 0 unspecified atom stereocenters. The molecule has 1 saturated carbocycles. The Balaban J connectivity index is 1.13. The molecule has 3 fully saturated rings. The van der Waals surface area contributed by atoms with E-state index in [4.69, 9.17) is 4.74 Å². The number of piperazine rings is 1. The number of likely N-dealkylation sites (tertiary alicyclic amines) is 1. The summed E-state index contributed by atoms with van der Waals surface area (Å²) < 4.78 is 29.5. The number of piperidine rings is 1. The van der Waals surface area contributed by atoms with Gasteiger partial charge in [-0.15, -0.1) is 0 Å². The Kier molecular flexibility index (Phi) is 7.53. The van der Waals surface area contributed by atoms with Crippen molar-refractivity contribution >= 4 is 27.3 Å². The molecule has 2 amide bonds. The lowest BCUT2D eigenvalue weighted by molar-refractivity contribution is -0.120. The van der Waals surface area contributed by atoms with Crippen LogP contribution in [0, 0.1) is 0 Å². The maximum absolute atomic E-state index is 12.9. The SMILES string of the molecule is CS(=O)(=O)c1ccc(C(=O)N2CCN(c3ccc(OC4CCN(C5CCCC5)CC4)cc3)C(=O)C2)cc1. The fraction of sp³-hybridized carbons (Fsp3) is 0.500. The zero-order chi connectivity index (χ0) is 26.0. The first kappa shape index (κ1) is 25.7. The van der Waals surface area contributed by atoms with E-state index in [2.05, 4.69) is 4.90 Å². The first-order valence-corrected chi connectivity index (χ1v) is 15.1. The summed E-state index contributed by atoms with van der Waals surface area (Å²) in [4.78, 5) is 31.7. The van der Waals surface area contributed by atoms with Gasteiger partial charge in [0.2, 0.25) is 5.91 Å². The lowest BCUT2D eigenvalue weighted by atomic mass is 10.0. The number of carbonyl (C=O) groups excluding carboxylic acids is 2. The van der Waals surface area contributed by atoms with Crippen LogP contribution in [0.25, 0.3) is 0 Å². The number of nitrogens with zero attached hydrogens (tertiary/aromatic N) is 3. The number of hydrogen-bond acceptors (Lipinski definition) is 6. The molecule has 0 bridgehead atoms. The first-order chi connectivity index (χ1) is 17.8. The Morgan fingerprint density at radius 3 is 2.11 bits per heavy atom. The van der Waals surface area contributed by atoms with Gasteiger partial charge in [-0.3, -0.25) is 9.59 Å². The molecule has 9 heteroatoms. The maximum atomic E-state index is 12.9. The van der Waals surface area contributed by atoms with Crippen molar-refractivity contribution < 1.29 is 22.7 Å². The average Bonchev–Trinajstić information content (AvgIpc) is 3.44. The predicted octanol–water partition coefficient (Wildman–Crippen LogP) is 3.36. The fourth-order valence-electron chi connectivity index (χ4n) is 5.67. The summed E-state index contributed by atoms with van der Waals surface area (Å²) in [5.74, 6) is 0.387. The Morgan fingerprint density at radius 1 is 0.865 bits per heavy atom. The van der Waals surface area contributed by atoms with Crippen molar-refractivity contribution in [3.8, 4) is 5.75 Å². The molecule has 2 saturated heterocycles. The molecule has 5 rings (SSSR count). The molecule has 0 aromatic heterocycles. The van der Waals surface area contributed by atoms with E-state index in [1.54, 1.807) is 4.90 Å². The molecular weight excluding hydrogens is 490 g/mol. The highest BCUT2D eigenvalue weighted by molar-refractivity contribution is 7.90. The van der Waals surface area contributed by atoms with Gasteiger partial charge in [0, 0.05) is 49.7 Å². The number of hydrogen-bond donors (Lipinski definition) is 0. The lowest BCUT2D eigenvalue weighted by Crippen LogP contribution is -2.52. The molecule has 0 N–H and O–H groups in total. The maximum Gasteiger partial charge on any atom is 0.254 e. The quantitative estimate of drug-likeness (QED) is 0.575. The number of anilines is 1. The van der Waals surface area contributed by atoms with E-state index in [1.807, 2.05) is 24.3 Å². The number of carbonyl (C=O) groups is 2. The van der Waals surface area contributed by atoms with E-state index in [1.165, 1.54) is 54.8 Å². The van der Waals surface area contributed by atoms with Gasteiger partial charge in [0.15, 0.2) is 9.84 Å². The second-order valence-corrected chi connectivity index (χ2v) is 12.4. The van der Waals surface area contributed by atoms with Crippen LogP contribution in [0.3, 0.4) is 0 Å². The topological polar surface area (TPSA) is 87.2 Å². The van der Waals surface area contributed by atoms with Crippen LogP contribution in [0.15, 0.2) is 53.4 Å². The van der Waals surface area contributed by atoms with Crippen LogP contribution in [0.1, 0.15) is 48.9 Å². The number of ether oxygens (including phenoxy) is 1. The van der Waals surface area contributed by atoms with Crippen LogP contribution in [0.4, 0.5) is 5.69 Å². The normalized spacial score (nSPS) is 20.4. The van der Waals surface area contributed by atoms with E-state index in [9.17, 15) is 18.0 Å². The summed E-state index contributed by atoms with van der Waals surface area (Å²) in [7, 11) is -3.33. The molecular formula is C28H35N3O5S. The third-order valence-corrected chi connectivity index (χ3v) is 8.93. The molecule has 2 aromatic carbocycles. The van der Waals surface area contributed by atoms with Crippen LogP contribution in [0.2, 0.25) is 0 Å². The molecule has 0 atom stereocenters. The largest absolute Gasteiger partial charge is 0.490 e. The third kappa shape index (κ3) is 5.99. The second kappa shape index (κ2) is 10.8. The summed E-state index contributed by atoms with van der Waals surface area (Å²) in [6.45, 7) is 2.98. The van der Waals surface area contributed by atoms with Gasteiger partial charge in [0.1, 0.15) is 18.4 Å². The molecule has 2 aliphatic heterocycles.